The lowest BCUT2D eigenvalue weighted by Gasteiger charge is -2.11. The minimum atomic E-state index is 0.648. The standard InChI is InChI=1S/C57H35N3S2/c1-6-18-36(19-7-1)41-32-47(38-22-10-3-11-23-38)51-43-28-16-30-45(53(43)61-49(51)34-41)56-58-55(40-26-14-5-15-27-40)59-57(60-56)46-31-17-29-44-52-48(39-24-12-4-13-25-39)33-42(35-50(52)62-54(44)46)37-20-8-2-9-21-37/h1-35H. The van der Waals surface area contributed by atoms with Gasteiger partial charge in [-0.3, -0.25) is 0 Å². The molecule has 0 aliphatic carbocycles. The van der Waals surface area contributed by atoms with E-state index in [-0.39, 0.29) is 0 Å². The molecule has 0 unspecified atom stereocenters. The van der Waals surface area contributed by atoms with E-state index in [0.29, 0.717) is 17.5 Å². The molecule has 0 saturated carbocycles. The zero-order valence-electron chi connectivity index (χ0n) is 33.4. The van der Waals surface area contributed by atoms with E-state index in [1.54, 1.807) is 0 Å². The number of rotatable bonds is 7. The molecule has 0 bridgehead atoms. The maximum Gasteiger partial charge on any atom is 0.165 e. The van der Waals surface area contributed by atoms with Crippen LogP contribution >= 0.6 is 22.7 Å². The fraction of sp³-hybridized carbons (Fsp3) is 0. The van der Waals surface area contributed by atoms with Crippen molar-refractivity contribution < 1.29 is 0 Å². The molecule has 0 amide bonds. The second-order valence-electron chi connectivity index (χ2n) is 15.5. The number of thiophene rings is 2. The highest BCUT2D eigenvalue weighted by Crippen LogP contribution is 2.48. The molecule has 0 saturated heterocycles. The Morgan fingerprint density at radius 2 is 0.613 bits per heavy atom. The molecule has 3 heterocycles. The molecule has 12 rings (SSSR count). The molecule has 62 heavy (non-hydrogen) atoms. The summed E-state index contributed by atoms with van der Waals surface area (Å²) in [6, 6.07) is 75.6. The van der Waals surface area contributed by atoms with Crippen molar-refractivity contribution in [2.24, 2.45) is 0 Å². The number of fused-ring (bicyclic) bond motifs is 6. The number of aromatic nitrogens is 3. The molecular formula is C57H35N3S2. The lowest BCUT2D eigenvalue weighted by atomic mass is 9.94. The Balaban J connectivity index is 1.10. The van der Waals surface area contributed by atoms with Gasteiger partial charge in [0.25, 0.3) is 0 Å². The van der Waals surface area contributed by atoms with Crippen LogP contribution in [0.5, 0.6) is 0 Å². The Morgan fingerprint density at radius 1 is 0.258 bits per heavy atom. The summed E-state index contributed by atoms with van der Waals surface area (Å²) in [4.78, 5) is 16.0. The number of hydrogen-bond acceptors (Lipinski definition) is 5. The van der Waals surface area contributed by atoms with Gasteiger partial charge in [-0.05, 0) is 80.9 Å². The van der Waals surface area contributed by atoms with Crippen molar-refractivity contribution in [1.29, 1.82) is 0 Å². The predicted molar refractivity (Wildman–Crippen MR) is 264 cm³/mol. The third-order valence-corrected chi connectivity index (χ3v) is 14.1. The van der Waals surface area contributed by atoms with E-state index < -0.39 is 0 Å². The zero-order valence-corrected chi connectivity index (χ0v) is 35.0. The van der Waals surface area contributed by atoms with Crippen molar-refractivity contribution in [2.75, 3.05) is 0 Å². The monoisotopic (exact) mass is 825 g/mol. The normalized spacial score (nSPS) is 11.5. The van der Waals surface area contributed by atoms with E-state index in [1.807, 2.05) is 40.9 Å². The summed E-state index contributed by atoms with van der Waals surface area (Å²) in [7, 11) is 0. The maximum absolute atomic E-state index is 5.42. The lowest BCUT2D eigenvalue weighted by molar-refractivity contribution is 1.08. The highest BCUT2D eigenvalue weighted by molar-refractivity contribution is 7.27. The van der Waals surface area contributed by atoms with E-state index in [1.165, 1.54) is 75.5 Å². The zero-order chi connectivity index (χ0) is 41.0. The van der Waals surface area contributed by atoms with Crippen LogP contribution < -0.4 is 0 Å². The van der Waals surface area contributed by atoms with E-state index in [4.69, 9.17) is 15.0 Å². The third kappa shape index (κ3) is 6.29. The average molecular weight is 826 g/mol. The minimum Gasteiger partial charge on any atom is -0.208 e. The van der Waals surface area contributed by atoms with Gasteiger partial charge in [-0.25, -0.2) is 15.0 Å². The Kier molecular flexibility index (Phi) is 8.87. The van der Waals surface area contributed by atoms with Crippen molar-refractivity contribution in [3.8, 4) is 78.7 Å². The summed E-state index contributed by atoms with van der Waals surface area (Å²) < 4.78 is 4.76. The minimum absolute atomic E-state index is 0.648. The predicted octanol–water partition coefficient (Wildman–Crippen LogP) is 16.3. The molecule has 9 aromatic carbocycles. The van der Waals surface area contributed by atoms with Crippen molar-refractivity contribution in [1.82, 2.24) is 15.0 Å². The van der Waals surface area contributed by atoms with Crippen LogP contribution in [0.2, 0.25) is 0 Å². The Morgan fingerprint density at radius 3 is 1.02 bits per heavy atom. The van der Waals surface area contributed by atoms with Gasteiger partial charge in [-0.2, -0.15) is 0 Å². The van der Waals surface area contributed by atoms with Gasteiger partial charge < -0.3 is 0 Å². The van der Waals surface area contributed by atoms with Gasteiger partial charge in [0.1, 0.15) is 0 Å². The molecule has 3 nitrogen and oxygen atoms in total. The first-order valence-electron chi connectivity index (χ1n) is 20.8. The smallest absolute Gasteiger partial charge is 0.165 e. The van der Waals surface area contributed by atoms with E-state index >= 15 is 0 Å². The van der Waals surface area contributed by atoms with Crippen LogP contribution in [0.15, 0.2) is 212 Å². The highest BCUT2D eigenvalue weighted by Gasteiger charge is 2.22. The average Bonchev–Trinajstić information content (AvgIpc) is 3.93. The topological polar surface area (TPSA) is 38.7 Å². The van der Waals surface area contributed by atoms with E-state index in [9.17, 15) is 0 Å². The largest absolute Gasteiger partial charge is 0.208 e. The maximum atomic E-state index is 5.42. The summed E-state index contributed by atoms with van der Waals surface area (Å²) in [5, 5.41) is 4.88. The molecule has 0 spiro atoms. The molecule has 0 aliphatic rings. The highest BCUT2D eigenvalue weighted by atomic mass is 32.1. The first-order valence-corrected chi connectivity index (χ1v) is 22.4. The quantitative estimate of drug-likeness (QED) is 0.161. The van der Waals surface area contributed by atoms with Crippen molar-refractivity contribution >= 4 is 63.0 Å². The van der Waals surface area contributed by atoms with Gasteiger partial charge in [0.05, 0.1) is 0 Å². The molecule has 0 N–H and O–H groups in total. The number of nitrogens with zero attached hydrogens (tertiary/aromatic N) is 3. The number of hydrogen-bond donors (Lipinski definition) is 0. The van der Waals surface area contributed by atoms with Crippen LogP contribution in [0.1, 0.15) is 0 Å². The van der Waals surface area contributed by atoms with Gasteiger partial charge >= 0.3 is 0 Å². The first-order chi connectivity index (χ1) is 30.7. The van der Waals surface area contributed by atoms with Crippen LogP contribution in [-0.2, 0) is 0 Å². The molecule has 12 aromatic rings. The molecule has 0 radical (unpaired) electrons. The van der Waals surface area contributed by atoms with Gasteiger partial charge in [-0.15, -0.1) is 22.7 Å². The first kappa shape index (κ1) is 36.3. The van der Waals surface area contributed by atoms with Crippen LogP contribution in [0.4, 0.5) is 0 Å². The van der Waals surface area contributed by atoms with E-state index in [0.717, 1.165) is 26.1 Å². The van der Waals surface area contributed by atoms with Crippen LogP contribution in [0.3, 0.4) is 0 Å². The molecular weight excluding hydrogens is 791 g/mol. The SMILES string of the molecule is c1ccc(-c2cc(-c3ccccc3)c3c(c2)sc2c(-c4nc(-c5ccccc5)nc(-c5cccc6c5sc5cc(-c7ccccc7)cc(-c7ccccc7)c56)n4)cccc23)cc1. The number of benzene rings is 9. The van der Waals surface area contributed by atoms with E-state index in [2.05, 4.69) is 194 Å². The van der Waals surface area contributed by atoms with Crippen molar-refractivity contribution in [3.63, 3.8) is 0 Å². The Hall–Kier alpha value is -7.57. The Bertz CT molecular complexity index is 3380. The second kappa shape index (κ2) is 15.2. The molecule has 5 heteroatoms. The molecule has 0 atom stereocenters. The summed E-state index contributed by atoms with van der Waals surface area (Å²) in [6.07, 6.45) is 0. The van der Waals surface area contributed by atoms with Gasteiger partial charge in [-0.1, -0.05) is 176 Å². The summed E-state index contributed by atoms with van der Waals surface area (Å²) in [5.41, 5.74) is 12.5. The summed E-state index contributed by atoms with van der Waals surface area (Å²) in [6.45, 7) is 0. The summed E-state index contributed by atoms with van der Waals surface area (Å²) >= 11 is 3.62. The second-order valence-corrected chi connectivity index (χ2v) is 17.6. The van der Waals surface area contributed by atoms with Crippen molar-refractivity contribution in [3.05, 3.63) is 212 Å². The fourth-order valence-electron chi connectivity index (χ4n) is 8.83. The van der Waals surface area contributed by atoms with Gasteiger partial charge in [0.15, 0.2) is 17.5 Å². The fourth-order valence-corrected chi connectivity index (χ4v) is 11.4. The van der Waals surface area contributed by atoms with Crippen molar-refractivity contribution in [2.45, 2.75) is 0 Å². The van der Waals surface area contributed by atoms with Crippen LogP contribution in [-0.4, -0.2) is 15.0 Å². The molecule has 290 valence electrons. The molecule has 0 fully saturated rings. The Labute approximate surface area is 366 Å². The lowest BCUT2D eigenvalue weighted by Crippen LogP contribution is -2.00. The van der Waals surface area contributed by atoms with Crippen LogP contribution in [0.25, 0.3) is 119 Å². The molecule has 0 aliphatic heterocycles. The van der Waals surface area contributed by atoms with Gasteiger partial charge in [0.2, 0.25) is 0 Å². The summed E-state index contributed by atoms with van der Waals surface area (Å²) in [5.74, 6) is 1.96. The molecule has 3 aromatic heterocycles. The van der Waals surface area contributed by atoms with Gasteiger partial charge in [0, 0.05) is 57.0 Å². The third-order valence-electron chi connectivity index (χ3n) is 11.7. The van der Waals surface area contributed by atoms with Crippen LogP contribution in [0, 0.1) is 0 Å².